The first kappa shape index (κ1) is 11.1. The van der Waals surface area contributed by atoms with Gasteiger partial charge in [0.1, 0.15) is 0 Å². The van der Waals surface area contributed by atoms with Crippen LogP contribution in [-0.2, 0) is 0 Å². The van der Waals surface area contributed by atoms with E-state index in [1.807, 2.05) is 39.0 Å². The van der Waals surface area contributed by atoms with Crippen molar-refractivity contribution in [2.24, 2.45) is 0 Å². The van der Waals surface area contributed by atoms with Crippen LogP contribution in [0.4, 0.5) is 0 Å². The van der Waals surface area contributed by atoms with Gasteiger partial charge in [-0.1, -0.05) is 23.7 Å². The molecule has 3 heteroatoms. The Balaban J connectivity index is 3.04. The van der Waals surface area contributed by atoms with Crippen LogP contribution in [-0.4, -0.2) is 16.5 Å². The highest BCUT2D eigenvalue weighted by molar-refractivity contribution is 6.32. The number of hydrogen-bond donors (Lipinski definition) is 0. The highest BCUT2D eigenvalue weighted by atomic mass is 35.5. The van der Waals surface area contributed by atoms with E-state index in [2.05, 4.69) is 0 Å². The fourth-order valence-corrected chi connectivity index (χ4v) is 1.08. The lowest BCUT2D eigenvalue weighted by molar-refractivity contribution is -0.530. The summed E-state index contributed by atoms with van der Waals surface area (Å²) in [4.78, 5) is 0. The summed E-state index contributed by atoms with van der Waals surface area (Å²) in [6, 6.07) is 7.28. The van der Waals surface area contributed by atoms with Gasteiger partial charge in [-0.3, -0.25) is 0 Å². The van der Waals surface area contributed by atoms with E-state index in [-0.39, 0.29) is 0 Å². The Labute approximate surface area is 89.4 Å². The summed E-state index contributed by atoms with van der Waals surface area (Å²) in [5, 5.41) is 12.2. The molecular formula is C11H14ClNO. The first-order valence-electron chi connectivity index (χ1n) is 4.47. The first-order valence-corrected chi connectivity index (χ1v) is 4.85. The number of hydrogen-bond acceptors (Lipinski definition) is 1. The third-order valence-electron chi connectivity index (χ3n) is 1.82. The zero-order valence-electron chi connectivity index (χ0n) is 8.62. The van der Waals surface area contributed by atoms with Crippen molar-refractivity contribution in [3.63, 3.8) is 0 Å². The summed E-state index contributed by atoms with van der Waals surface area (Å²) in [5.41, 5.74) is 0.318. The molecule has 0 saturated heterocycles. The first-order chi connectivity index (χ1) is 6.41. The molecule has 0 spiro atoms. The second-order valence-electron chi connectivity index (χ2n) is 4.15. The van der Waals surface area contributed by atoms with Crippen LogP contribution in [0.5, 0.6) is 0 Å². The summed E-state index contributed by atoms with van der Waals surface area (Å²) in [7, 11) is 0. The molecule has 1 aromatic rings. The van der Waals surface area contributed by atoms with Gasteiger partial charge in [0, 0.05) is 20.8 Å². The zero-order chi connectivity index (χ0) is 10.8. The molecule has 0 fully saturated rings. The summed E-state index contributed by atoms with van der Waals surface area (Å²) in [6.45, 7) is 5.56. The molecule has 2 nitrogen and oxygen atoms in total. The van der Waals surface area contributed by atoms with E-state index >= 15 is 0 Å². The molecule has 0 saturated carbocycles. The largest absolute Gasteiger partial charge is 0.623 e. The maximum absolute atomic E-state index is 11.6. The van der Waals surface area contributed by atoms with E-state index in [1.165, 1.54) is 6.21 Å². The van der Waals surface area contributed by atoms with Gasteiger partial charge in [-0.25, -0.2) is 4.74 Å². The molecule has 0 unspecified atom stereocenters. The van der Waals surface area contributed by atoms with Crippen LogP contribution in [0.2, 0.25) is 5.02 Å². The Kier molecular flexibility index (Phi) is 3.17. The van der Waals surface area contributed by atoms with Gasteiger partial charge in [0.15, 0.2) is 11.8 Å². The average molecular weight is 212 g/mol. The van der Waals surface area contributed by atoms with Gasteiger partial charge in [0.25, 0.3) is 0 Å². The predicted octanol–water partition coefficient (Wildman–Crippen LogP) is 3.07. The van der Waals surface area contributed by atoms with Crippen molar-refractivity contribution in [2.75, 3.05) is 0 Å². The second-order valence-corrected chi connectivity index (χ2v) is 4.55. The van der Waals surface area contributed by atoms with Crippen LogP contribution in [0.25, 0.3) is 0 Å². The highest BCUT2D eigenvalue weighted by Gasteiger charge is 2.18. The summed E-state index contributed by atoms with van der Waals surface area (Å²) in [5.74, 6) is 0. The van der Waals surface area contributed by atoms with Gasteiger partial charge in [-0.05, 0) is 12.1 Å². The molecule has 0 radical (unpaired) electrons. The summed E-state index contributed by atoms with van der Waals surface area (Å²) in [6.07, 6.45) is 1.52. The molecule has 0 amide bonds. The highest BCUT2D eigenvalue weighted by Crippen LogP contribution is 2.14. The minimum atomic E-state index is -0.431. The summed E-state index contributed by atoms with van der Waals surface area (Å²) < 4.78 is 0.911. The van der Waals surface area contributed by atoms with Crippen LogP contribution >= 0.6 is 11.6 Å². The monoisotopic (exact) mass is 211 g/mol. The Hall–Kier alpha value is -1.02. The molecule has 0 aliphatic carbocycles. The van der Waals surface area contributed by atoms with Crippen LogP contribution in [0, 0.1) is 5.21 Å². The smallest absolute Gasteiger partial charge is 0.183 e. The fraction of sp³-hybridized carbons (Fsp3) is 0.364. The van der Waals surface area contributed by atoms with E-state index in [4.69, 9.17) is 11.6 Å². The summed E-state index contributed by atoms with van der Waals surface area (Å²) >= 11 is 5.92. The molecule has 0 aromatic heterocycles. The zero-order valence-corrected chi connectivity index (χ0v) is 9.38. The lowest BCUT2D eigenvalue weighted by Gasteiger charge is -2.18. The van der Waals surface area contributed by atoms with Gasteiger partial charge in [-0.15, -0.1) is 0 Å². The van der Waals surface area contributed by atoms with Crippen molar-refractivity contribution in [3.05, 3.63) is 40.1 Å². The molecule has 0 heterocycles. The van der Waals surface area contributed by atoms with Crippen LogP contribution < -0.4 is 0 Å². The maximum Gasteiger partial charge on any atom is 0.183 e. The number of halogens is 1. The maximum atomic E-state index is 11.6. The van der Waals surface area contributed by atoms with Crippen LogP contribution in [0.15, 0.2) is 24.3 Å². The Morgan fingerprint density at radius 2 is 1.86 bits per heavy atom. The third kappa shape index (κ3) is 2.74. The minimum Gasteiger partial charge on any atom is -0.623 e. The van der Waals surface area contributed by atoms with Crippen molar-refractivity contribution in [3.8, 4) is 0 Å². The molecular weight excluding hydrogens is 198 g/mol. The van der Waals surface area contributed by atoms with Gasteiger partial charge in [-0.2, -0.15) is 0 Å². The molecule has 1 rings (SSSR count). The second kappa shape index (κ2) is 4.01. The van der Waals surface area contributed by atoms with Crippen molar-refractivity contribution in [1.29, 1.82) is 0 Å². The number of benzene rings is 1. The predicted molar refractivity (Wildman–Crippen MR) is 60.0 cm³/mol. The Morgan fingerprint density at radius 3 is 2.36 bits per heavy atom. The molecule has 14 heavy (non-hydrogen) atoms. The topological polar surface area (TPSA) is 26.1 Å². The van der Waals surface area contributed by atoms with E-state index in [0.717, 1.165) is 10.3 Å². The molecule has 0 aliphatic heterocycles. The fourth-order valence-electron chi connectivity index (χ4n) is 0.900. The van der Waals surface area contributed by atoms with Crippen molar-refractivity contribution >= 4 is 17.8 Å². The van der Waals surface area contributed by atoms with Crippen molar-refractivity contribution in [2.45, 2.75) is 26.3 Å². The van der Waals surface area contributed by atoms with E-state index < -0.39 is 5.54 Å². The van der Waals surface area contributed by atoms with E-state index in [9.17, 15) is 5.21 Å². The van der Waals surface area contributed by atoms with E-state index in [1.54, 1.807) is 6.07 Å². The van der Waals surface area contributed by atoms with Gasteiger partial charge >= 0.3 is 0 Å². The SMILES string of the molecule is CC(C)(C)/[N+]([O-])=C/c1ccccc1Cl. The Bertz CT molecular complexity index is 353. The quantitative estimate of drug-likeness (QED) is 0.304. The van der Waals surface area contributed by atoms with Crippen molar-refractivity contribution < 1.29 is 4.74 Å². The van der Waals surface area contributed by atoms with Crippen LogP contribution in [0.1, 0.15) is 26.3 Å². The normalized spacial score (nSPS) is 13.0. The average Bonchev–Trinajstić information content (AvgIpc) is 2.07. The molecule has 76 valence electrons. The molecule has 0 atom stereocenters. The molecule has 0 bridgehead atoms. The lowest BCUT2D eigenvalue weighted by Crippen LogP contribution is -2.29. The minimum absolute atomic E-state index is 0.431. The lowest BCUT2D eigenvalue weighted by atomic mass is 10.1. The molecule has 0 N–H and O–H groups in total. The van der Waals surface area contributed by atoms with Gasteiger partial charge < -0.3 is 5.21 Å². The molecule has 1 aromatic carbocycles. The number of rotatable bonds is 1. The number of hydroxylamine groups is 1. The third-order valence-corrected chi connectivity index (χ3v) is 2.17. The van der Waals surface area contributed by atoms with Gasteiger partial charge in [0.2, 0.25) is 0 Å². The molecule has 0 aliphatic rings. The standard InChI is InChI=1S/C11H14ClNO/c1-11(2,3)13(14)8-9-6-4-5-7-10(9)12/h4-8H,1-3H3/b13-8-. The Morgan fingerprint density at radius 1 is 1.29 bits per heavy atom. The van der Waals surface area contributed by atoms with Crippen molar-refractivity contribution in [1.82, 2.24) is 0 Å². The van der Waals surface area contributed by atoms with Crippen LogP contribution in [0.3, 0.4) is 0 Å². The number of nitrogens with zero attached hydrogens (tertiary/aromatic N) is 1. The van der Waals surface area contributed by atoms with E-state index in [0.29, 0.717) is 5.02 Å². The van der Waals surface area contributed by atoms with Gasteiger partial charge in [0.05, 0.1) is 10.6 Å².